The lowest BCUT2D eigenvalue weighted by Gasteiger charge is -2.48. The molecule has 8 aromatic rings. The molecule has 1 aliphatic heterocycles. The van der Waals surface area contributed by atoms with Crippen LogP contribution < -0.4 is 4.90 Å². The van der Waals surface area contributed by atoms with Crippen molar-refractivity contribution in [2.24, 2.45) is 0 Å². The van der Waals surface area contributed by atoms with Gasteiger partial charge in [0.1, 0.15) is 0 Å². The Kier molecular flexibility index (Phi) is 5.64. The smallest absolute Gasteiger partial charge is 0.0720 e. The summed E-state index contributed by atoms with van der Waals surface area (Å²) in [6.07, 6.45) is 0. The second-order valence-corrected chi connectivity index (χ2v) is 15.4. The van der Waals surface area contributed by atoms with E-state index in [1.165, 1.54) is 93.6 Å². The van der Waals surface area contributed by atoms with E-state index in [0.717, 1.165) is 0 Å². The summed E-state index contributed by atoms with van der Waals surface area (Å²) in [6, 6.07) is 70.9. The third-order valence-electron chi connectivity index (χ3n) is 12.1. The van der Waals surface area contributed by atoms with Crippen LogP contribution in [0.1, 0.15) is 44.5 Å². The zero-order valence-electron chi connectivity index (χ0n) is 28.3. The first-order chi connectivity index (χ1) is 25.8. The molecule has 0 saturated heterocycles. The number of hydrogen-bond acceptors (Lipinski definition) is 2. The van der Waals surface area contributed by atoms with Crippen molar-refractivity contribution in [2.75, 3.05) is 4.90 Å². The first-order valence-corrected chi connectivity index (χ1v) is 18.9. The molecule has 0 fully saturated rings. The average Bonchev–Trinajstić information content (AvgIpc) is 3.68. The van der Waals surface area contributed by atoms with E-state index in [0.29, 0.717) is 0 Å². The maximum Gasteiger partial charge on any atom is 0.0720 e. The topological polar surface area (TPSA) is 3.24 Å². The van der Waals surface area contributed by atoms with E-state index in [9.17, 15) is 0 Å². The molecule has 1 spiro atoms. The highest BCUT2D eigenvalue weighted by Crippen LogP contribution is 2.69. The number of anilines is 3. The molecular formula is C50H31NS. The summed E-state index contributed by atoms with van der Waals surface area (Å²) >= 11 is 1.86. The fourth-order valence-corrected chi connectivity index (χ4v) is 11.4. The Morgan fingerprint density at radius 1 is 0.346 bits per heavy atom. The molecule has 0 aromatic heterocycles. The standard InChI is InChI=1S/C50H31NS/c1-2-15-32(16-3-1)49-38-20-6-5-18-35(38)37-19-14-24-42(48(37)49)50(41-23-9-8-22-40(41)49)39-21-7-4-17-34(39)36-30-29-33(31-43(36)50)51-44-25-10-12-27-46(44)52-47-28-13-11-26-45(47)51/h1-31H. The van der Waals surface area contributed by atoms with Gasteiger partial charge in [0.25, 0.3) is 0 Å². The van der Waals surface area contributed by atoms with Crippen molar-refractivity contribution in [1.29, 1.82) is 0 Å². The van der Waals surface area contributed by atoms with Gasteiger partial charge in [0.15, 0.2) is 0 Å². The number of benzene rings is 8. The number of fused-ring (bicyclic) bond motifs is 14. The summed E-state index contributed by atoms with van der Waals surface area (Å²) < 4.78 is 0. The van der Waals surface area contributed by atoms with E-state index in [4.69, 9.17) is 0 Å². The summed E-state index contributed by atoms with van der Waals surface area (Å²) in [4.78, 5) is 5.02. The number of nitrogens with zero attached hydrogens (tertiary/aromatic N) is 1. The van der Waals surface area contributed by atoms with E-state index in [1.54, 1.807) is 0 Å². The molecule has 0 radical (unpaired) electrons. The van der Waals surface area contributed by atoms with Crippen molar-refractivity contribution in [3.05, 3.63) is 233 Å². The fourth-order valence-electron chi connectivity index (χ4n) is 10.3. The molecule has 1 heterocycles. The molecule has 8 aromatic carbocycles. The molecule has 0 amide bonds. The van der Waals surface area contributed by atoms with Crippen LogP contribution in [0.3, 0.4) is 0 Å². The summed E-state index contributed by atoms with van der Waals surface area (Å²) in [6.45, 7) is 0. The molecule has 1 nitrogen and oxygen atoms in total. The summed E-state index contributed by atoms with van der Waals surface area (Å²) in [5.41, 5.74) is 18.8. The molecule has 52 heavy (non-hydrogen) atoms. The van der Waals surface area contributed by atoms with Crippen LogP contribution in [-0.4, -0.2) is 0 Å². The Hall–Kier alpha value is -6.09. The van der Waals surface area contributed by atoms with Crippen LogP contribution in [0.5, 0.6) is 0 Å². The molecule has 0 N–H and O–H groups in total. The maximum atomic E-state index is 2.52. The third-order valence-corrected chi connectivity index (χ3v) is 13.3. The predicted molar refractivity (Wildman–Crippen MR) is 213 cm³/mol. The molecular weight excluding hydrogens is 647 g/mol. The van der Waals surface area contributed by atoms with Gasteiger partial charge in [-0.2, -0.15) is 0 Å². The SMILES string of the molecule is c1ccc(C23c4ccccc4-c4cccc(c42)C2(c4ccccc4-c4ccc(N5c6ccccc6Sc6ccccc65)cc42)c2ccccc23)cc1. The van der Waals surface area contributed by atoms with Crippen molar-refractivity contribution < 1.29 is 0 Å². The zero-order valence-corrected chi connectivity index (χ0v) is 29.1. The molecule has 242 valence electrons. The Labute approximate surface area is 307 Å². The van der Waals surface area contributed by atoms with Crippen LogP contribution in [0.15, 0.2) is 198 Å². The molecule has 4 aliphatic rings. The average molecular weight is 678 g/mol. The van der Waals surface area contributed by atoms with Gasteiger partial charge in [0.2, 0.25) is 0 Å². The highest BCUT2D eigenvalue weighted by atomic mass is 32.2. The zero-order chi connectivity index (χ0) is 34.0. The maximum absolute atomic E-state index is 2.52. The minimum absolute atomic E-state index is 0.442. The lowest BCUT2D eigenvalue weighted by atomic mass is 9.52. The van der Waals surface area contributed by atoms with Crippen molar-refractivity contribution in [3.63, 3.8) is 0 Å². The van der Waals surface area contributed by atoms with Gasteiger partial charge in [-0.05, 0) is 103 Å². The van der Waals surface area contributed by atoms with Crippen LogP contribution in [0, 0.1) is 0 Å². The second-order valence-electron chi connectivity index (χ2n) is 14.3. The summed E-state index contributed by atoms with van der Waals surface area (Å²) in [5, 5.41) is 0. The third kappa shape index (κ3) is 3.33. The second kappa shape index (κ2) is 10.3. The lowest BCUT2D eigenvalue weighted by Crippen LogP contribution is -2.43. The van der Waals surface area contributed by atoms with Gasteiger partial charge < -0.3 is 4.90 Å². The predicted octanol–water partition coefficient (Wildman–Crippen LogP) is 12.7. The van der Waals surface area contributed by atoms with Gasteiger partial charge in [-0.15, -0.1) is 0 Å². The quantitative estimate of drug-likeness (QED) is 0.179. The molecule has 2 heteroatoms. The lowest BCUT2D eigenvalue weighted by molar-refractivity contribution is 0.636. The molecule has 2 atom stereocenters. The van der Waals surface area contributed by atoms with Crippen LogP contribution in [0.4, 0.5) is 17.1 Å². The Bertz CT molecular complexity index is 2750. The fraction of sp³-hybridized carbons (Fsp3) is 0.0400. The van der Waals surface area contributed by atoms with E-state index in [-0.39, 0.29) is 0 Å². The normalized spacial score (nSPS) is 19.2. The molecule has 3 aliphatic carbocycles. The van der Waals surface area contributed by atoms with E-state index in [2.05, 4.69) is 193 Å². The first-order valence-electron chi connectivity index (χ1n) is 18.1. The summed E-state index contributed by atoms with van der Waals surface area (Å²) in [5.74, 6) is 0. The van der Waals surface area contributed by atoms with Gasteiger partial charge >= 0.3 is 0 Å². The van der Waals surface area contributed by atoms with Crippen LogP contribution in [0.2, 0.25) is 0 Å². The first kappa shape index (κ1) is 28.6. The van der Waals surface area contributed by atoms with Crippen molar-refractivity contribution in [2.45, 2.75) is 20.6 Å². The van der Waals surface area contributed by atoms with E-state index in [1.807, 2.05) is 11.8 Å². The van der Waals surface area contributed by atoms with E-state index >= 15 is 0 Å². The molecule has 12 rings (SSSR count). The highest BCUT2D eigenvalue weighted by molar-refractivity contribution is 7.99. The van der Waals surface area contributed by atoms with E-state index < -0.39 is 10.8 Å². The monoisotopic (exact) mass is 677 g/mol. The van der Waals surface area contributed by atoms with Gasteiger partial charge in [-0.1, -0.05) is 163 Å². The van der Waals surface area contributed by atoms with Crippen LogP contribution in [0.25, 0.3) is 22.3 Å². The molecule has 0 saturated carbocycles. The van der Waals surface area contributed by atoms with Gasteiger partial charge in [-0.25, -0.2) is 0 Å². The molecule has 2 unspecified atom stereocenters. The van der Waals surface area contributed by atoms with Crippen LogP contribution in [-0.2, 0) is 10.8 Å². The van der Waals surface area contributed by atoms with Gasteiger partial charge in [0.05, 0.1) is 22.2 Å². The Balaban J connectivity index is 1.23. The van der Waals surface area contributed by atoms with Crippen molar-refractivity contribution in [3.8, 4) is 22.3 Å². The summed E-state index contributed by atoms with van der Waals surface area (Å²) in [7, 11) is 0. The number of rotatable bonds is 2. The Morgan fingerprint density at radius 2 is 0.846 bits per heavy atom. The Morgan fingerprint density at radius 3 is 1.56 bits per heavy atom. The molecule has 0 bridgehead atoms. The largest absolute Gasteiger partial charge is 0.308 e. The minimum atomic E-state index is -0.520. The van der Waals surface area contributed by atoms with Crippen LogP contribution >= 0.6 is 11.8 Å². The van der Waals surface area contributed by atoms with Gasteiger partial charge in [-0.3, -0.25) is 0 Å². The number of para-hydroxylation sites is 2. The number of hydrogen-bond donors (Lipinski definition) is 0. The van der Waals surface area contributed by atoms with Crippen molar-refractivity contribution in [1.82, 2.24) is 0 Å². The van der Waals surface area contributed by atoms with Crippen molar-refractivity contribution >= 4 is 28.8 Å². The highest BCUT2D eigenvalue weighted by Gasteiger charge is 2.59. The van der Waals surface area contributed by atoms with Gasteiger partial charge in [0, 0.05) is 15.5 Å². The minimum Gasteiger partial charge on any atom is -0.308 e.